The van der Waals surface area contributed by atoms with Gasteiger partial charge in [-0.1, -0.05) is 40.8 Å². The van der Waals surface area contributed by atoms with E-state index in [1.807, 2.05) is 31.2 Å². The molecular formula is C12H16INO. The van der Waals surface area contributed by atoms with Crippen LogP contribution in [0, 0.1) is 6.92 Å². The van der Waals surface area contributed by atoms with Crippen LogP contribution >= 0.6 is 22.6 Å². The lowest BCUT2D eigenvalue weighted by molar-refractivity contribution is 0.0952. The number of hydrogen-bond acceptors (Lipinski definition) is 1. The van der Waals surface area contributed by atoms with Gasteiger partial charge in [-0.25, -0.2) is 0 Å². The fourth-order valence-electron chi connectivity index (χ4n) is 1.34. The van der Waals surface area contributed by atoms with E-state index in [1.54, 1.807) is 0 Å². The van der Waals surface area contributed by atoms with Crippen molar-refractivity contribution in [2.45, 2.75) is 19.8 Å². The van der Waals surface area contributed by atoms with Gasteiger partial charge in [-0.15, -0.1) is 0 Å². The van der Waals surface area contributed by atoms with E-state index in [-0.39, 0.29) is 5.91 Å². The van der Waals surface area contributed by atoms with Gasteiger partial charge in [0.25, 0.3) is 5.91 Å². The zero-order valence-electron chi connectivity index (χ0n) is 8.92. The first-order chi connectivity index (χ1) is 7.25. The van der Waals surface area contributed by atoms with Gasteiger partial charge in [-0.3, -0.25) is 4.79 Å². The molecule has 0 aromatic heterocycles. The average Bonchev–Trinajstić information content (AvgIpc) is 2.25. The van der Waals surface area contributed by atoms with E-state index in [2.05, 4.69) is 27.9 Å². The Balaban J connectivity index is 2.44. The highest BCUT2D eigenvalue weighted by Gasteiger charge is 2.06. The van der Waals surface area contributed by atoms with E-state index in [4.69, 9.17) is 0 Å². The van der Waals surface area contributed by atoms with Crippen molar-refractivity contribution < 1.29 is 4.79 Å². The fraction of sp³-hybridized carbons (Fsp3) is 0.417. The molecular weight excluding hydrogens is 301 g/mol. The summed E-state index contributed by atoms with van der Waals surface area (Å²) in [4.78, 5) is 11.7. The number of alkyl halides is 1. The van der Waals surface area contributed by atoms with Crippen molar-refractivity contribution in [3.05, 3.63) is 35.4 Å². The summed E-state index contributed by atoms with van der Waals surface area (Å²) in [6.07, 6.45) is 2.22. The Morgan fingerprint density at radius 3 is 2.73 bits per heavy atom. The molecule has 0 heterocycles. The van der Waals surface area contributed by atoms with Gasteiger partial charge in [-0.05, 0) is 35.8 Å². The first-order valence-electron chi connectivity index (χ1n) is 5.15. The van der Waals surface area contributed by atoms with Crippen LogP contribution < -0.4 is 5.32 Å². The van der Waals surface area contributed by atoms with Crippen molar-refractivity contribution in [3.63, 3.8) is 0 Å². The first-order valence-corrected chi connectivity index (χ1v) is 6.68. The smallest absolute Gasteiger partial charge is 0.251 e. The molecule has 0 fully saturated rings. The number of carbonyl (C=O) groups is 1. The van der Waals surface area contributed by atoms with E-state index in [9.17, 15) is 4.79 Å². The summed E-state index contributed by atoms with van der Waals surface area (Å²) < 4.78 is 1.15. The topological polar surface area (TPSA) is 29.1 Å². The van der Waals surface area contributed by atoms with Crippen LogP contribution in [0.3, 0.4) is 0 Å². The molecule has 0 aliphatic rings. The maximum atomic E-state index is 11.7. The van der Waals surface area contributed by atoms with Gasteiger partial charge in [0.2, 0.25) is 0 Å². The number of hydrogen-bond donors (Lipinski definition) is 1. The maximum Gasteiger partial charge on any atom is 0.251 e. The van der Waals surface area contributed by atoms with Gasteiger partial charge in [0.05, 0.1) is 0 Å². The van der Waals surface area contributed by atoms with Crippen LogP contribution in [0.4, 0.5) is 0 Å². The molecule has 0 saturated carbocycles. The fourth-order valence-corrected chi connectivity index (χ4v) is 1.88. The average molecular weight is 317 g/mol. The van der Waals surface area contributed by atoms with Gasteiger partial charge in [0.1, 0.15) is 0 Å². The second-order valence-electron chi connectivity index (χ2n) is 3.47. The van der Waals surface area contributed by atoms with Crippen LogP contribution in [0.25, 0.3) is 0 Å². The summed E-state index contributed by atoms with van der Waals surface area (Å²) >= 11 is 2.35. The number of carbonyl (C=O) groups excluding carboxylic acids is 1. The van der Waals surface area contributed by atoms with Crippen LogP contribution in [0.15, 0.2) is 24.3 Å². The summed E-state index contributed by atoms with van der Waals surface area (Å²) in [5, 5.41) is 2.93. The molecule has 1 amide bonds. The molecule has 0 radical (unpaired) electrons. The zero-order chi connectivity index (χ0) is 11.1. The van der Waals surface area contributed by atoms with E-state index in [1.165, 1.54) is 0 Å². The van der Waals surface area contributed by atoms with Gasteiger partial charge in [0, 0.05) is 12.1 Å². The quantitative estimate of drug-likeness (QED) is 0.505. The van der Waals surface area contributed by atoms with Crippen molar-refractivity contribution in [2.24, 2.45) is 0 Å². The van der Waals surface area contributed by atoms with Crippen LogP contribution in [-0.2, 0) is 0 Å². The Bertz CT molecular complexity index is 325. The van der Waals surface area contributed by atoms with Crippen LogP contribution in [0.1, 0.15) is 28.8 Å². The third kappa shape index (κ3) is 4.20. The third-order valence-electron chi connectivity index (χ3n) is 2.24. The van der Waals surface area contributed by atoms with E-state index >= 15 is 0 Å². The normalized spacial score (nSPS) is 10.0. The van der Waals surface area contributed by atoms with Crippen molar-refractivity contribution in [3.8, 4) is 0 Å². The molecule has 0 unspecified atom stereocenters. The molecule has 0 bridgehead atoms. The molecule has 1 aromatic carbocycles. The molecule has 1 aromatic rings. The highest BCUT2D eigenvalue weighted by Crippen LogP contribution is 2.06. The Morgan fingerprint density at radius 2 is 2.07 bits per heavy atom. The predicted molar refractivity (Wildman–Crippen MR) is 71.6 cm³/mol. The molecule has 1 rings (SSSR count). The lowest BCUT2D eigenvalue weighted by Crippen LogP contribution is -2.25. The zero-order valence-corrected chi connectivity index (χ0v) is 11.1. The van der Waals surface area contributed by atoms with E-state index in [0.29, 0.717) is 0 Å². The minimum atomic E-state index is 0.0431. The molecule has 0 spiro atoms. The summed E-state index contributed by atoms with van der Waals surface area (Å²) in [5.41, 5.74) is 1.82. The largest absolute Gasteiger partial charge is 0.352 e. The van der Waals surface area contributed by atoms with Gasteiger partial charge in [-0.2, -0.15) is 0 Å². The number of nitrogens with one attached hydrogen (secondary N) is 1. The number of halogens is 1. The molecule has 2 nitrogen and oxygen atoms in total. The summed E-state index contributed by atoms with van der Waals surface area (Å²) in [7, 11) is 0. The van der Waals surface area contributed by atoms with Crippen molar-refractivity contribution in [1.82, 2.24) is 5.32 Å². The number of aryl methyl sites for hydroxylation is 1. The Hall–Kier alpha value is -0.580. The summed E-state index contributed by atoms with van der Waals surface area (Å²) in [6, 6.07) is 7.66. The number of benzene rings is 1. The van der Waals surface area contributed by atoms with E-state index < -0.39 is 0 Å². The van der Waals surface area contributed by atoms with Gasteiger partial charge >= 0.3 is 0 Å². The number of amides is 1. The van der Waals surface area contributed by atoms with Crippen LogP contribution in [0.2, 0.25) is 0 Å². The van der Waals surface area contributed by atoms with Gasteiger partial charge in [0.15, 0.2) is 0 Å². The van der Waals surface area contributed by atoms with E-state index in [0.717, 1.165) is 34.9 Å². The monoisotopic (exact) mass is 317 g/mol. The van der Waals surface area contributed by atoms with Gasteiger partial charge < -0.3 is 5.32 Å². The van der Waals surface area contributed by atoms with Crippen molar-refractivity contribution in [2.75, 3.05) is 11.0 Å². The summed E-state index contributed by atoms with van der Waals surface area (Å²) in [6.45, 7) is 2.73. The highest BCUT2D eigenvalue weighted by atomic mass is 127. The predicted octanol–water partition coefficient (Wildman–Crippen LogP) is 2.94. The highest BCUT2D eigenvalue weighted by molar-refractivity contribution is 14.1. The lowest BCUT2D eigenvalue weighted by Gasteiger charge is -2.06. The number of rotatable bonds is 5. The molecule has 0 aliphatic carbocycles. The molecule has 15 heavy (non-hydrogen) atoms. The molecule has 0 aliphatic heterocycles. The Kier molecular flexibility index (Phi) is 5.68. The molecule has 0 saturated heterocycles. The summed E-state index contributed by atoms with van der Waals surface area (Å²) in [5.74, 6) is 0.0431. The minimum absolute atomic E-state index is 0.0431. The van der Waals surface area contributed by atoms with Crippen molar-refractivity contribution in [1.29, 1.82) is 0 Å². The molecule has 82 valence electrons. The maximum absolute atomic E-state index is 11.7. The Morgan fingerprint density at radius 1 is 1.33 bits per heavy atom. The van der Waals surface area contributed by atoms with Crippen LogP contribution in [0.5, 0.6) is 0 Å². The van der Waals surface area contributed by atoms with Crippen molar-refractivity contribution >= 4 is 28.5 Å². The third-order valence-corrected chi connectivity index (χ3v) is 3.00. The molecule has 3 heteroatoms. The lowest BCUT2D eigenvalue weighted by atomic mass is 10.1. The minimum Gasteiger partial charge on any atom is -0.352 e. The SMILES string of the molecule is Cc1ccccc1C(=O)NCCCCI. The van der Waals surface area contributed by atoms with Crippen LogP contribution in [-0.4, -0.2) is 16.9 Å². The first kappa shape index (κ1) is 12.5. The second kappa shape index (κ2) is 6.82. The Labute approximate surface area is 105 Å². The second-order valence-corrected chi connectivity index (χ2v) is 4.55. The molecule has 0 atom stereocenters. The molecule has 1 N–H and O–H groups in total. The standard InChI is InChI=1S/C12H16INO/c1-10-6-2-3-7-11(10)12(15)14-9-5-4-8-13/h2-3,6-7H,4-5,8-9H2,1H3,(H,14,15). The number of unbranched alkanes of at least 4 members (excludes halogenated alkanes) is 1.